The average Bonchev–Trinajstić information content (AvgIpc) is 1.66. The second-order valence-corrected chi connectivity index (χ2v) is 1.87. The number of rotatable bonds is 3. The van der Waals surface area contributed by atoms with E-state index in [0.29, 0.717) is 5.71 Å². The first kappa shape index (κ1) is 7.41. The van der Waals surface area contributed by atoms with Crippen LogP contribution in [-0.4, -0.2) is 5.71 Å². The number of nitrogens with one attached hydrogen (secondary N) is 1. The van der Waals surface area contributed by atoms with Crippen LogP contribution in [0.2, 0.25) is 0 Å². The third kappa shape index (κ3) is 5.41. The predicted octanol–water partition coefficient (Wildman–Crippen LogP) is 2.38. The number of hydrogen-bond acceptors (Lipinski definition) is 1. The van der Waals surface area contributed by atoms with Gasteiger partial charge in [0.1, 0.15) is 0 Å². The molecule has 1 heteroatoms. The van der Waals surface area contributed by atoms with Crippen molar-refractivity contribution in [1.82, 2.24) is 0 Å². The molecule has 0 aromatic heterocycles. The Kier molecular flexibility index (Phi) is 4.23. The molecule has 0 rings (SSSR count). The van der Waals surface area contributed by atoms with Gasteiger partial charge < -0.3 is 5.41 Å². The summed E-state index contributed by atoms with van der Waals surface area (Å²) in [5.74, 6) is 0. The van der Waals surface area contributed by atoms with Crippen LogP contribution < -0.4 is 0 Å². The molecule has 0 aliphatic carbocycles. The summed E-state index contributed by atoms with van der Waals surface area (Å²) in [6, 6.07) is 0. The zero-order valence-electron chi connectivity index (χ0n) is 5.57. The molecule has 0 spiro atoms. The van der Waals surface area contributed by atoms with Crippen LogP contribution in [0, 0.1) is 5.41 Å². The van der Waals surface area contributed by atoms with Gasteiger partial charge in [-0.2, -0.15) is 0 Å². The van der Waals surface area contributed by atoms with Crippen LogP contribution in [0.4, 0.5) is 0 Å². The topological polar surface area (TPSA) is 23.9 Å². The Morgan fingerprint density at radius 3 is 2.62 bits per heavy atom. The minimum atomic E-state index is 0.637. The number of allylic oxidation sites excluding steroid dienone is 2. The van der Waals surface area contributed by atoms with Crippen molar-refractivity contribution in [2.45, 2.75) is 26.7 Å². The molecule has 1 nitrogen and oxygen atoms in total. The van der Waals surface area contributed by atoms with Gasteiger partial charge in [0, 0.05) is 5.71 Å². The minimum absolute atomic E-state index is 0.637. The Bertz CT molecular complexity index is 92.6. The van der Waals surface area contributed by atoms with Gasteiger partial charge in [0.05, 0.1) is 0 Å². The van der Waals surface area contributed by atoms with E-state index in [-0.39, 0.29) is 0 Å². The van der Waals surface area contributed by atoms with Crippen LogP contribution >= 0.6 is 0 Å². The van der Waals surface area contributed by atoms with E-state index >= 15 is 0 Å². The highest BCUT2D eigenvalue weighted by Crippen LogP contribution is 1.87. The van der Waals surface area contributed by atoms with Crippen molar-refractivity contribution in [2.75, 3.05) is 0 Å². The van der Waals surface area contributed by atoms with E-state index in [1.165, 1.54) is 6.42 Å². The molecule has 0 aromatic rings. The van der Waals surface area contributed by atoms with Crippen molar-refractivity contribution in [3.63, 3.8) is 0 Å². The molecule has 0 saturated heterocycles. The zero-order chi connectivity index (χ0) is 6.41. The summed E-state index contributed by atoms with van der Waals surface area (Å²) in [7, 11) is 0. The van der Waals surface area contributed by atoms with Crippen LogP contribution in [0.5, 0.6) is 0 Å². The fraction of sp³-hybridized carbons (Fsp3) is 0.571. The first-order chi connectivity index (χ1) is 3.77. The lowest BCUT2D eigenvalue weighted by atomic mass is 10.3. The van der Waals surface area contributed by atoms with E-state index in [9.17, 15) is 0 Å². The van der Waals surface area contributed by atoms with Crippen molar-refractivity contribution in [3.8, 4) is 0 Å². The summed E-state index contributed by atoms with van der Waals surface area (Å²) < 4.78 is 0. The largest absolute Gasteiger partial charge is 0.306 e. The Hall–Kier alpha value is -0.590. The van der Waals surface area contributed by atoms with Crippen molar-refractivity contribution in [1.29, 1.82) is 5.41 Å². The number of hydrogen-bond donors (Lipinski definition) is 1. The van der Waals surface area contributed by atoms with Crippen molar-refractivity contribution >= 4 is 5.71 Å². The fourth-order valence-electron chi connectivity index (χ4n) is 0.427. The molecule has 0 unspecified atom stereocenters. The van der Waals surface area contributed by atoms with E-state index in [1.807, 2.05) is 12.2 Å². The molecule has 0 radical (unpaired) electrons. The summed E-state index contributed by atoms with van der Waals surface area (Å²) in [6.07, 6.45) is 6.13. The van der Waals surface area contributed by atoms with Gasteiger partial charge in [-0.15, -0.1) is 0 Å². The van der Waals surface area contributed by atoms with Crippen LogP contribution in [0.15, 0.2) is 12.2 Å². The van der Waals surface area contributed by atoms with Gasteiger partial charge in [-0.05, 0) is 19.4 Å². The van der Waals surface area contributed by atoms with Crippen LogP contribution in [-0.2, 0) is 0 Å². The summed E-state index contributed by atoms with van der Waals surface area (Å²) >= 11 is 0. The monoisotopic (exact) mass is 111 g/mol. The molecule has 8 heavy (non-hydrogen) atoms. The highest BCUT2D eigenvalue weighted by molar-refractivity contribution is 5.89. The van der Waals surface area contributed by atoms with Crippen molar-refractivity contribution in [3.05, 3.63) is 12.2 Å². The van der Waals surface area contributed by atoms with E-state index < -0.39 is 0 Å². The van der Waals surface area contributed by atoms with E-state index in [0.717, 1.165) is 6.42 Å². The van der Waals surface area contributed by atoms with Crippen molar-refractivity contribution in [2.24, 2.45) is 0 Å². The summed E-state index contributed by atoms with van der Waals surface area (Å²) in [4.78, 5) is 0. The first-order valence-corrected chi connectivity index (χ1v) is 2.99. The second kappa shape index (κ2) is 4.57. The van der Waals surface area contributed by atoms with Gasteiger partial charge in [-0.1, -0.05) is 19.4 Å². The van der Waals surface area contributed by atoms with Gasteiger partial charge in [-0.3, -0.25) is 0 Å². The summed E-state index contributed by atoms with van der Waals surface area (Å²) in [5, 5.41) is 6.99. The molecule has 0 aromatic carbocycles. The van der Waals surface area contributed by atoms with E-state index in [4.69, 9.17) is 5.41 Å². The highest BCUT2D eigenvalue weighted by Gasteiger charge is 1.74. The Morgan fingerprint density at radius 2 is 2.25 bits per heavy atom. The molecular formula is C7H13N. The van der Waals surface area contributed by atoms with E-state index in [1.54, 1.807) is 6.92 Å². The summed E-state index contributed by atoms with van der Waals surface area (Å²) in [6.45, 7) is 3.91. The molecule has 46 valence electrons. The first-order valence-electron chi connectivity index (χ1n) is 2.99. The summed E-state index contributed by atoms with van der Waals surface area (Å²) in [5.41, 5.74) is 0.637. The molecule has 0 fully saturated rings. The van der Waals surface area contributed by atoms with Gasteiger partial charge in [0.15, 0.2) is 0 Å². The standard InChI is InChI=1S/C7H13N/c1-3-4-5-6-7(2)8/h5-6,8H,3-4H2,1-2H3/b6-5+,8-7?. The molecule has 0 aliphatic heterocycles. The zero-order valence-corrected chi connectivity index (χ0v) is 5.57. The maximum atomic E-state index is 6.99. The lowest BCUT2D eigenvalue weighted by molar-refractivity contribution is 0.959. The van der Waals surface area contributed by atoms with Crippen LogP contribution in [0.3, 0.4) is 0 Å². The average molecular weight is 111 g/mol. The molecular weight excluding hydrogens is 98.1 g/mol. The molecule has 0 atom stereocenters. The maximum Gasteiger partial charge on any atom is 0.0279 e. The molecule has 1 N–H and O–H groups in total. The lowest BCUT2D eigenvalue weighted by Gasteiger charge is -1.82. The third-order valence-electron chi connectivity index (χ3n) is 0.823. The molecule has 0 amide bonds. The third-order valence-corrected chi connectivity index (χ3v) is 0.823. The second-order valence-electron chi connectivity index (χ2n) is 1.87. The SMILES string of the molecule is CCC/C=C/C(C)=N. The Morgan fingerprint density at radius 1 is 1.62 bits per heavy atom. The van der Waals surface area contributed by atoms with E-state index in [2.05, 4.69) is 6.92 Å². The van der Waals surface area contributed by atoms with Gasteiger partial charge in [-0.25, -0.2) is 0 Å². The molecule has 0 aliphatic rings. The Labute approximate surface area is 50.9 Å². The Balaban J connectivity index is 3.20. The predicted molar refractivity (Wildman–Crippen MR) is 37.4 cm³/mol. The maximum absolute atomic E-state index is 6.99. The molecule has 0 heterocycles. The normalized spacial score (nSPS) is 10.2. The molecule has 0 bridgehead atoms. The fourth-order valence-corrected chi connectivity index (χ4v) is 0.427. The quantitative estimate of drug-likeness (QED) is 0.541. The molecule has 0 saturated carbocycles. The van der Waals surface area contributed by atoms with Crippen LogP contribution in [0.25, 0.3) is 0 Å². The van der Waals surface area contributed by atoms with Crippen molar-refractivity contribution < 1.29 is 0 Å². The van der Waals surface area contributed by atoms with Gasteiger partial charge >= 0.3 is 0 Å². The number of unbranched alkanes of at least 4 members (excludes halogenated alkanes) is 1. The highest BCUT2D eigenvalue weighted by atomic mass is 14.4. The van der Waals surface area contributed by atoms with Crippen LogP contribution in [0.1, 0.15) is 26.7 Å². The van der Waals surface area contributed by atoms with Gasteiger partial charge in [0.2, 0.25) is 0 Å². The minimum Gasteiger partial charge on any atom is -0.306 e. The lowest BCUT2D eigenvalue weighted by Crippen LogP contribution is -1.76. The smallest absolute Gasteiger partial charge is 0.0279 e. The van der Waals surface area contributed by atoms with Gasteiger partial charge in [0.25, 0.3) is 0 Å².